The lowest BCUT2D eigenvalue weighted by molar-refractivity contribution is -0.123. The number of anilines is 2. The second kappa shape index (κ2) is 9.80. The number of benzene rings is 3. The van der Waals surface area contributed by atoms with Gasteiger partial charge in [0, 0.05) is 5.69 Å². The first kappa shape index (κ1) is 25.0. The number of nitrogens with one attached hydrogen (secondary N) is 1. The van der Waals surface area contributed by atoms with Crippen LogP contribution < -0.4 is 10.2 Å². The molecule has 6 rings (SSSR count). The predicted molar refractivity (Wildman–Crippen MR) is 146 cm³/mol. The lowest BCUT2D eigenvalue weighted by Gasteiger charge is -2.28. The number of hydrogen-bond acceptors (Lipinski definition) is 5. The van der Waals surface area contributed by atoms with Crippen molar-refractivity contribution in [2.45, 2.75) is 32.6 Å². The Hall–Kier alpha value is -4.26. The van der Waals surface area contributed by atoms with Gasteiger partial charge in [0.25, 0.3) is 5.91 Å². The highest BCUT2D eigenvalue weighted by atomic mass is 16.5. The quantitative estimate of drug-likeness (QED) is 0.362. The smallest absolute Gasteiger partial charge is 0.338 e. The Labute approximate surface area is 227 Å². The molecule has 0 spiro atoms. The van der Waals surface area contributed by atoms with Gasteiger partial charge in [0.05, 0.1) is 23.1 Å². The molecule has 3 fully saturated rings. The summed E-state index contributed by atoms with van der Waals surface area (Å²) in [5.41, 5.74) is 4.53. The van der Waals surface area contributed by atoms with E-state index in [0.717, 1.165) is 24.0 Å². The van der Waals surface area contributed by atoms with Gasteiger partial charge in [-0.05, 0) is 91.5 Å². The SMILES string of the molecule is Cc1ccc(C)c(NC(=O)COC(=O)c2ccc(N3C(=O)[C@@H]4[C@@H]5C[C@@H]([C@@H]4C3=O)[C@H](c3ccccc3)C5)cc2)c1. The maximum atomic E-state index is 13.5. The molecule has 1 N–H and O–H groups in total. The molecule has 2 aliphatic carbocycles. The molecule has 7 heteroatoms. The average molecular weight is 523 g/mol. The van der Waals surface area contributed by atoms with E-state index in [4.69, 9.17) is 4.74 Å². The molecule has 0 aromatic heterocycles. The molecule has 7 nitrogen and oxygen atoms in total. The van der Waals surface area contributed by atoms with Crippen LogP contribution in [0.3, 0.4) is 0 Å². The molecule has 198 valence electrons. The van der Waals surface area contributed by atoms with Crippen molar-refractivity contribution in [3.8, 4) is 0 Å². The maximum absolute atomic E-state index is 13.5. The van der Waals surface area contributed by atoms with Crippen molar-refractivity contribution >= 4 is 35.1 Å². The number of carbonyl (C=O) groups excluding carboxylic acids is 4. The summed E-state index contributed by atoms with van der Waals surface area (Å²) in [5, 5.41) is 2.76. The van der Waals surface area contributed by atoms with E-state index in [1.807, 2.05) is 50.2 Å². The van der Waals surface area contributed by atoms with Crippen LogP contribution in [0.2, 0.25) is 0 Å². The van der Waals surface area contributed by atoms with Gasteiger partial charge < -0.3 is 10.1 Å². The van der Waals surface area contributed by atoms with Crippen LogP contribution in [0.4, 0.5) is 11.4 Å². The molecule has 5 atom stereocenters. The third-order valence-electron chi connectivity index (χ3n) is 8.61. The summed E-state index contributed by atoms with van der Waals surface area (Å²) >= 11 is 0. The molecule has 3 aromatic rings. The molecular formula is C32H30N2O5. The molecule has 3 aliphatic rings. The van der Waals surface area contributed by atoms with Gasteiger partial charge in [-0.25, -0.2) is 4.79 Å². The number of amides is 3. The minimum atomic E-state index is -0.655. The third kappa shape index (κ3) is 4.42. The van der Waals surface area contributed by atoms with Crippen LogP contribution in [0.5, 0.6) is 0 Å². The number of fused-ring (bicyclic) bond motifs is 5. The fraction of sp³-hybridized carbons (Fsp3) is 0.312. The van der Waals surface area contributed by atoms with Gasteiger partial charge in [0.1, 0.15) is 0 Å². The monoisotopic (exact) mass is 522 g/mol. The molecule has 1 heterocycles. The topological polar surface area (TPSA) is 92.8 Å². The second-order valence-corrected chi connectivity index (χ2v) is 11.0. The molecule has 1 aliphatic heterocycles. The highest BCUT2D eigenvalue weighted by Crippen LogP contribution is 2.61. The molecule has 2 saturated carbocycles. The number of carbonyl (C=O) groups is 4. The molecule has 0 radical (unpaired) electrons. The van der Waals surface area contributed by atoms with Crippen molar-refractivity contribution in [2.75, 3.05) is 16.8 Å². The van der Waals surface area contributed by atoms with E-state index in [1.165, 1.54) is 22.6 Å². The molecule has 1 saturated heterocycles. The van der Waals surface area contributed by atoms with Crippen LogP contribution in [0.1, 0.15) is 45.8 Å². The first-order valence-electron chi connectivity index (χ1n) is 13.4. The Morgan fingerprint density at radius 2 is 1.62 bits per heavy atom. The Kier molecular flexibility index (Phi) is 6.29. The fourth-order valence-corrected chi connectivity index (χ4v) is 6.82. The molecule has 39 heavy (non-hydrogen) atoms. The normalized spacial score (nSPS) is 25.1. The van der Waals surface area contributed by atoms with Gasteiger partial charge in [0.2, 0.25) is 11.8 Å². The number of rotatable bonds is 6. The highest BCUT2D eigenvalue weighted by molar-refractivity contribution is 6.22. The number of imide groups is 1. The van der Waals surface area contributed by atoms with E-state index in [1.54, 1.807) is 12.1 Å². The standard InChI is InChI=1S/C32H30N2O5/c1-18-8-9-19(2)26(14-18)33-27(35)17-39-32(38)21-10-12-23(13-11-21)34-30(36)28-22-15-24(20-6-4-3-5-7-20)25(16-22)29(28)31(34)37/h3-14,22,24-25,28-29H,15-17H2,1-2H3,(H,33,35)/t22-,24-,25+,28+,29-/m0/s1. The summed E-state index contributed by atoms with van der Waals surface area (Å²) < 4.78 is 5.19. The zero-order valence-electron chi connectivity index (χ0n) is 21.9. The predicted octanol–water partition coefficient (Wildman–Crippen LogP) is 5.03. The van der Waals surface area contributed by atoms with Gasteiger partial charge >= 0.3 is 5.97 Å². The Morgan fingerprint density at radius 1 is 0.897 bits per heavy atom. The van der Waals surface area contributed by atoms with Gasteiger partial charge in [-0.2, -0.15) is 0 Å². The zero-order valence-corrected chi connectivity index (χ0v) is 21.9. The summed E-state index contributed by atoms with van der Waals surface area (Å²) in [5.74, 6) is -1.22. The average Bonchev–Trinajstić information content (AvgIpc) is 3.61. The fourth-order valence-electron chi connectivity index (χ4n) is 6.82. The maximum Gasteiger partial charge on any atom is 0.338 e. The van der Waals surface area contributed by atoms with E-state index >= 15 is 0 Å². The minimum Gasteiger partial charge on any atom is -0.452 e. The van der Waals surface area contributed by atoms with Gasteiger partial charge in [-0.1, -0.05) is 42.5 Å². The summed E-state index contributed by atoms with van der Waals surface area (Å²) in [6, 6.07) is 22.2. The molecule has 3 amide bonds. The first-order chi connectivity index (χ1) is 18.8. The summed E-state index contributed by atoms with van der Waals surface area (Å²) in [6.07, 6.45) is 1.85. The number of nitrogens with zero attached hydrogens (tertiary/aromatic N) is 1. The van der Waals surface area contributed by atoms with Gasteiger partial charge in [-0.15, -0.1) is 0 Å². The van der Waals surface area contributed by atoms with Crippen LogP contribution in [0.15, 0.2) is 72.8 Å². The van der Waals surface area contributed by atoms with Crippen molar-refractivity contribution < 1.29 is 23.9 Å². The van der Waals surface area contributed by atoms with Crippen LogP contribution >= 0.6 is 0 Å². The number of ether oxygens (including phenoxy) is 1. The number of hydrogen-bond donors (Lipinski definition) is 1. The van der Waals surface area contributed by atoms with Crippen LogP contribution in [0.25, 0.3) is 0 Å². The number of esters is 1. The molecule has 2 bridgehead atoms. The van der Waals surface area contributed by atoms with E-state index in [-0.39, 0.29) is 41.0 Å². The highest BCUT2D eigenvalue weighted by Gasteiger charge is 2.64. The van der Waals surface area contributed by atoms with Gasteiger partial charge in [-0.3, -0.25) is 19.3 Å². The van der Waals surface area contributed by atoms with E-state index in [0.29, 0.717) is 17.3 Å². The van der Waals surface area contributed by atoms with Crippen LogP contribution in [0, 0.1) is 37.5 Å². The summed E-state index contributed by atoms with van der Waals surface area (Å²) in [6.45, 7) is 3.39. The van der Waals surface area contributed by atoms with Crippen molar-refractivity contribution in [3.05, 3.63) is 95.1 Å². The lowest BCUT2D eigenvalue weighted by atomic mass is 9.73. The van der Waals surface area contributed by atoms with Crippen molar-refractivity contribution in [1.29, 1.82) is 0 Å². The lowest BCUT2D eigenvalue weighted by Crippen LogP contribution is -2.33. The molecular weight excluding hydrogens is 492 g/mol. The van der Waals surface area contributed by atoms with Gasteiger partial charge in [0.15, 0.2) is 6.61 Å². The Morgan fingerprint density at radius 3 is 2.36 bits per heavy atom. The largest absolute Gasteiger partial charge is 0.452 e. The third-order valence-corrected chi connectivity index (χ3v) is 8.61. The first-order valence-corrected chi connectivity index (χ1v) is 13.4. The molecule has 3 aromatic carbocycles. The minimum absolute atomic E-state index is 0.137. The van der Waals surface area contributed by atoms with E-state index in [9.17, 15) is 19.2 Å². The van der Waals surface area contributed by atoms with Crippen LogP contribution in [-0.2, 0) is 19.1 Å². The molecule has 0 unspecified atom stereocenters. The van der Waals surface area contributed by atoms with Crippen molar-refractivity contribution in [3.63, 3.8) is 0 Å². The van der Waals surface area contributed by atoms with E-state index in [2.05, 4.69) is 17.4 Å². The zero-order chi connectivity index (χ0) is 27.3. The Bertz CT molecular complexity index is 1470. The van der Waals surface area contributed by atoms with Crippen LogP contribution in [-0.4, -0.2) is 30.3 Å². The van der Waals surface area contributed by atoms with E-state index < -0.39 is 18.5 Å². The number of aryl methyl sites for hydroxylation is 2. The summed E-state index contributed by atoms with van der Waals surface area (Å²) in [7, 11) is 0. The summed E-state index contributed by atoms with van der Waals surface area (Å²) in [4.78, 5) is 53.1. The second-order valence-electron chi connectivity index (χ2n) is 11.0. The van der Waals surface area contributed by atoms with Crippen molar-refractivity contribution in [1.82, 2.24) is 0 Å². The van der Waals surface area contributed by atoms with Crippen molar-refractivity contribution in [2.24, 2.45) is 23.7 Å². The Balaban J connectivity index is 1.10.